The molecule has 9 nitrogen and oxygen atoms in total. The molecular weight excluding hydrogens is 446 g/mol. The Kier molecular flexibility index (Phi) is 6.50. The summed E-state index contributed by atoms with van der Waals surface area (Å²) in [6.45, 7) is 7.54. The number of amides is 1. The second-order valence-electron chi connectivity index (χ2n) is 9.03. The molecule has 0 bridgehead atoms. The Morgan fingerprint density at radius 1 is 1.06 bits per heavy atom. The molecule has 9 heteroatoms. The number of aryl methyl sites for hydroxylation is 2. The maximum Gasteiger partial charge on any atom is 0.420 e. The normalized spacial score (nSPS) is 15.5. The van der Waals surface area contributed by atoms with E-state index in [4.69, 9.17) is 8.94 Å². The summed E-state index contributed by atoms with van der Waals surface area (Å²) in [5.74, 6) is 0.691. The summed E-state index contributed by atoms with van der Waals surface area (Å²) in [5.41, 5.74) is 3.28. The van der Waals surface area contributed by atoms with Gasteiger partial charge in [0.2, 0.25) is 17.6 Å². The molecule has 1 saturated heterocycles. The van der Waals surface area contributed by atoms with Gasteiger partial charge in [-0.1, -0.05) is 47.1 Å². The SMILES string of the molecule is Cc1ccc(-c2noc(CCCN3CCN(C(=O)C(C)n4c(=O)oc5ccccc54)CC3)n2)cc1. The molecule has 0 spiro atoms. The molecule has 182 valence electrons. The molecule has 0 N–H and O–H groups in total. The fourth-order valence-corrected chi connectivity index (χ4v) is 4.55. The average molecular weight is 476 g/mol. The second kappa shape index (κ2) is 9.87. The van der Waals surface area contributed by atoms with E-state index in [0.29, 0.717) is 42.3 Å². The van der Waals surface area contributed by atoms with Gasteiger partial charge >= 0.3 is 5.76 Å². The number of carbonyl (C=O) groups is 1. The summed E-state index contributed by atoms with van der Waals surface area (Å²) in [7, 11) is 0. The van der Waals surface area contributed by atoms with Gasteiger partial charge in [0.1, 0.15) is 6.04 Å². The molecule has 1 fully saturated rings. The molecule has 3 heterocycles. The van der Waals surface area contributed by atoms with Crippen molar-refractivity contribution < 1.29 is 13.7 Å². The van der Waals surface area contributed by atoms with Crippen LogP contribution in [0.1, 0.15) is 30.8 Å². The Labute approximate surface area is 202 Å². The van der Waals surface area contributed by atoms with E-state index >= 15 is 0 Å². The summed E-state index contributed by atoms with van der Waals surface area (Å²) >= 11 is 0. The van der Waals surface area contributed by atoms with Crippen molar-refractivity contribution >= 4 is 17.0 Å². The summed E-state index contributed by atoms with van der Waals surface area (Å²) in [6, 6.07) is 14.6. The third kappa shape index (κ3) is 4.90. The largest absolute Gasteiger partial charge is 0.420 e. The van der Waals surface area contributed by atoms with Crippen LogP contribution in [0.4, 0.5) is 0 Å². The summed E-state index contributed by atoms with van der Waals surface area (Å²) in [6.07, 6.45) is 1.61. The first-order valence-corrected chi connectivity index (χ1v) is 12.0. The number of carbonyl (C=O) groups excluding carboxylic acids is 1. The molecule has 0 aliphatic carbocycles. The molecule has 0 saturated carbocycles. The number of fused-ring (bicyclic) bond motifs is 1. The van der Waals surface area contributed by atoms with Crippen molar-refractivity contribution in [3.63, 3.8) is 0 Å². The van der Waals surface area contributed by atoms with E-state index in [1.54, 1.807) is 19.1 Å². The minimum absolute atomic E-state index is 0.0622. The Balaban J connectivity index is 1.11. The molecule has 1 aliphatic rings. The molecule has 35 heavy (non-hydrogen) atoms. The number of hydrogen-bond donors (Lipinski definition) is 0. The lowest BCUT2D eigenvalue weighted by molar-refractivity contribution is -0.136. The van der Waals surface area contributed by atoms with Gasteiger partial charge in [0, 0.05) is 38.2 Å². The number of aromatic nitrogens is 3. The third-order valence-electron chi connectivity index (χ3n) is 6.59. The Bertz CT molecular complexity index is 1360. The lowest BCUT2D eigenvalue weighted by atomic mass is 10.1. The van der Waals surface area contributed by atoms with Crippen LogP contribution in [0.15, 0.2) is 62.3 Å². The van der Waals surface area contributed by atoms with Crippen LogP contribution in [0.5, 0.6) is 0 Å². The van der Waals surface area contributed by atoms with Gasteiger partial charge in [-0.15, -0.1) is 0 Å². The highest BCUT2D eigenvalue weighted by atomic mass is 16.5. The Morgan fingerprint density at radius 3 is 2.57 bits per heavy atom. The molecule has 2 aromatic carbocycles. The monoisotopic (exact) mass is 475 g/mol. The van der Waals surface area contributed by atoms with Crippen molar-refractivity contribution in [2.24, 2.45) is 0 Å². The topological polar surface area (TPSA) is 97.6 Å². The lowest BCUT2D eigenvalue weighted by Gasteiger charge is -2.36. The van der Waals surface area contributed by atoms with E-state index in [0.717, 1.165) is 31.6 Å². The number of hydrogen-bond acceptors (Lipinski definition) is 7. The van der Waals surface area contributed by atoms with Crippen LogP contribution in [0.3, 0.4) is 0 Å². The van der Waals surface area contributed by atoms with Crippen molar-refractivity contribution in [1.82, 2.24) is 24.5 Å². The first-order chi connectivity index (χ1) is 17.0. The first-order valence-electron chi connectivity index (χ1n) is 12.0. The van der Waals surface area contributed by atoms with Crippen LogP contribution in [0.2, 0.25) is 0 Å². The number of benzene rings is 2. The molecule has 5 rings (SSSR count). The number of oxazole rings is 1. The highest BCUT2D eigenvalue weighted by molar-refractivity contribution is 5.83. The number of nitrogens with zero attached hydrogens (tertiary/aromatic N) is 5. The van der Waals surface area contributed by atoms with E-state index in [1.165, 1.54) is 10.1 Å². The van der Waals surface area contributed by atoms with E-state index in [9.17, 15) is 9.59 Å². The first kappa shape index (κ1) is 23.0. The Morgan fingerprint density at radius 2 is 1.80 bits per heavy atom. The van der Waals surface area contributed by atoms with Gasteiger partial charge in [-0.05, 0) is 38.9 Å². The van der Waals surface area contributed by atoms with Crippen LogP contribution < -0.4 is 5.76 Å². The highest BCUT2D eigenvalue weighted by Crippen LogP contribution is 2.20. The van der Waals surface area contributed by atoms with Gasteiger partial charge in [0.25, 0.3) is 0 Å². The zero-order valence-electron chi connectivity index (χ0n) is 20.0. The minimum atomic E-state index is -0.613. The highest BCUT2D eigenvalue weighted by Gasteiger charge is 2.28. The fraction of sp³-hybridized carbons (Fsp3) is 0.385. The van der Waals surface area contributed by atoms with Crippen molar-refractivity contribution in [2.75, 3.05) is 32.7 Å². The van der Waals surface area contributed by atoms with Gasteiger partial charge in [-0.2, -0.15) is 4.98 Å². The van der Waals surface area contributed by atoms with Crippen LogP contribution in [0, 0.1) is 6.92 Å². The predicted octanol–water partition coefficient (Wildman–Crippen LogP) is 3.29. The van der Waals surface area contributed by atoms with Crippen LogP contribution >= 0.6 is 0 Å². The summed E-state index contributed by atoms with van der Waals surface area (Å²) < 4.78 is 12.2. The van der Waals surface area contributed by atoms with Crippen LogP contribution in [0.25, 0.3) is 22.5 Å². The quantitative estimate of drug-likeness (QED) is 0.405. The fourth-order valence-electron chi connectivity index (χ4n) is 4.55. The third-order valence-corrected chi connectivity index (χ3v) is 6.59. The smallest absolute Gasteiger partial charge is 0.408 e. The van der Waals surface area contributed by atoms with Gasteiger partial charge in [0.15, 0.2) is 5.58 Å². The van der Waals surface area contributed by atoms with Crippen molar-refractivity contribution in [3.05, 3.63) is 70.5 Å². The van der Waals surface area contributed by atoms with Crippen molar-refractivity contribution in [2.45, 2.75) is 32.7 Å². The van der Waals surface area contributed by atoms with Crippen LogP contribution in [-0.4, -0.2) is 63.1 Å². The van der Waals surface area contributed by atoms with E-state index in [-0.39, 0.29) is 5.91 Å². The van der Waals surface area contributed by atoms with Gasteiger partial charge < -0.3 is 13.8 Å². The number of rotatable bonds is 7. The zero-order chi connectivity index (χ0) is 24.4. The molecule has 1 aliphatic heterocycles. The maximum atomic E-state index is 13.1. The van der Waals surface area contributed by atoms with Crippen molar-refractivity contribution in [3.8, 4) is 11.4 Å². The van der Waals surface area contributed by atoms with E-state index < -0.39 is 11.8 Å². The van der Waals surface area contributed by atoms with E-state index in [2.05, 4.69) is 15.0 Å². The molecule has 1 amide bonds. The molecule has 4 aromatic rings. The Hall–Kier alpha value is -3.72. The molecule has 2 aromatic heterocycles. The van der Waals surface area contributed by atoms with Crippen molar-refractivity contribution in [1.29, 1.82) is 0 Å². The molecule has 1 atom stereocenters. The standard InChI is InChI=1S/C26H29N5O4/c1-18-9-11-20(12-10-18)24-27-23(35-28-24)8-5-13-29-14-16-30(17-15-29)25(32)19(2)31-21-6-3-4-7-22(21)34-26(31)33/h3-4,6-7,9-12,19H,5,8,13-17H2,1-2H3. The number of piperazine rings is 1. The lowest BCUT2D eigenvalue weighted by Crippen LogP contribution is -2.50. The summed E-state index contributed by atoms with van der Waals surface area (Å²) in [4.78, 5) is 34.2. The molecular formula is C26H29N5O4. The zero-order valence-corrected chi connectivity index (χ0v) is 20.0. The molecule has 1 unspecified atom stereocenters. The average Bonchev–Trinajstić information content (AvgIpc) is 3.48. The van der Waals surface area contributed by atoms with Gasteiger partial charge in [0.05, 0.1) is 5.52 Å². The minimum Gasteiger partial charge on any atom is -0.408 e. The van der Waals surface area contributed by atoms with Gasteiger partial charge in [-0.25, -0.2) is 4.79 Å². The number of para-hydroxylation sites is 2. The predicted molar refractivity (Wildman–Crippen MR) is 131 cm³/mol. The molecule has 0 radical (unpaired) electrons. The summed E-state index contributed by atoms with van der Waals surface area (Å²) in [5, 5.41) is 4.10. The second-order valence-corrected chi connectivity index (χ2v) is 9.03. The van der Waals surface area contributed by atoms with E-state index in [1.807, 2.05) is 48.2 Å². The maximum absolute atomic E-state index is 13.1. The van der Waals surface area contributed by atoms with Crippen LogP contribution in [-0.2, 0) is 11.2 Å². The van der Waals surface area contributed by atoms with Gasteiger partial charge in [-0.3, -0.25) is 14.3 Å².